The summed E-state index contributed by atoms with van der Waals surface area (Å²) >= 11 is 11.7. The fourth-order valence-electron chi connectivity index (χ4n) is 1.56. The smallest absolute Gasteiger partial charge is 0.256 e. The minimum absolute atomic E-state index is 0.0852. The first-order valence-corrected chi connectivity index (χ1v) is 7.07. The van der Waals surface area contributed by atoms with Gasteiger partial charge in [-0.15, -0.1) is 0 Å². The van der Waals surface area contributed by atoms with Crippen molar-refractivity contribution in [3.8, 4) is 5.75 Å². The number of aromatic nitrogens is 2. The minimum atomic E-state index is -0.353. The molecule has 7 heteroatoms. The third kappa shape index (κ3) is 4.06. The molecule has 0 bridgehead atoms. The molecule has 1 amide bonds. The summed E-state index contributed by atoms with van der Waals surface area (Å²) in [6.45, 7) is 2.61. The van der Waals surface area contributed by atoms with E-state index in [0.717, 1.165) is 6.42 Å². The van der Waals surface area contributed by atoms with E-state index in [1.54, 1.807) is 24.3 Å². The molecular formula is C14H13Cl2N3O2. The number of ether oxygens (including phenoxy) is 1. The van der Waals surface area contributed by atoms with Crippen molar-refractivity contribution >= 4 is 34.9 Å². The van der Waals surface area contributed by atoms with Crippen molar-refractivity contribution < 1.29 is 9.53 Å². The Morgan fingerprint density at radius 1 is 1.33 bits per heavy atom. The van der Waals surface area contributed by atoms with Crippen LogP contribution in [0.5, 0.6) is 5.75 Å². The number of carbonyl (C=O) groups is 1. The molecule has 2 aromatic rings. The molecule has 1 N–H and O–H groups in total. The Morgan fingerprint density at radius 3 is 2.90 bits per heavy atom. The lowest BCUT2D eigenvalue weighted by Gasteiger charge is -2.08. The molecule has 0 fully saturated rings. The number of halogens is 2. The summed E-state index contributed by atoms with van der Waals surface area (Å²) in [5, 5.41) is 2.78. The number of benzene rings is 1. The molecule has 1 aromatic carbocycles. The molecule has 0 atom stereocenters. The maximum Gasteiger partial charge on any atom is 0.256 e. The maximum absolute atomic E-state index is 12.2. The van der Waals surface area contributed by atoms with Gasteiger partial charge in [0.05, 0.1) is 6.61 Å². The first-order chi connectivity index (χ1) is 10.1. The highest BCUT2D eigenvalue weighted by atomic mass is 35.5. The van der Waals surface area contributed by atoms with E-state index in [9.17, 15) is 4.79 Å². The van der Waals surface area contributed by atoms with Gasteiger partial charge >= 0.3 is 0 Å². The van der Waals surface area contributed by atoms with Crippen LogP contribution in [-0.2, 0) is 0 Å². The van der Waals surface area contributed by atoms with Crippen molar-refractivity contribution in [3.63, 3.8) is 0 Å². The first kappa shape index (κ1) is 15.5. The van der Waals surface area contributed by atoms with Crippen LogP contribution in [0.2, 0.25) is 10.2 Å². The molecule has 1 aromatic heterocycles. The second kappa shape index (κ2) is 7.24. The van der Waals surface area contributed by atoms with Crippen LogP contribution in [0.3, 0.4) is 0 Å². The lowest BCUT2D eigenvalue weighted by molar-refractivity contribution is 0.102. The summed E-state index contributed by atoms with van der Waals surface area (Å²) in [7, 11) is 0. The van der Waals surface area contributed by atoms with E-state index in [4.69, 9.17) is 27.9 Å². The molecular weight excluding hydrogens is 313 g/mol. The average Bonchev–Trinajstić information content (AvgIpc) is 2.50. The standard InChI is InChI=1S/C14H13Cl2N3O2/c1-2-6-21-10-5-3-4-9(7-10)14(20)19-13-11(15)12(16)17-8-18-13/h3-5,7-8H,2,6H2,1H3,(H,17,18,19,20). The SMILES string of the molecule is CCCOc1cccc(C(=O)Nc2ncnc(Cl)c2Cl)c1. The quantitative estimate of drug-likeness (QED) is 0.848. The van der Waals surface area contributed by atoms with E-state index in [0.29, 0.717) is 17.9 Å². The van der Waals surface area contributed by atoms with Gasteiger partial charge in [-0.2, -0.15) is 0 Å². The molecule has 0 aliphatic heterocycles. The first-order valence-electron chi connectivity index (χ1n) is 6.32. The van der Waals surface area contributed by atoms with Crippen LogP contribution in [0, 0.1) is 0 Å². The molecule has 2 rings (SSSR count). The number of carbonyl (C=O) groups excluding carboxylic acids is 1. The molecule has 0 radical (unpaired) electrons. The lowest BCUT2D eigenvalue weighted by atomic mass is 10.2. The molecule has 0 unspecified atom stereocenters. The molecule has 0 saturated heterocycles. The summed E-state index contributed by atoms with van der Waals surface area (Å²) in [5.41, 5.74) is 0.439. The Hall–Kier alpha value is -1.85. The molecule has 0 saturated carbocycles. The molecule has 0 aliphatic rings. The second-order valence-electron chi connectivity index (χ2n) is 4.16. The van der Waals surface area contributed by atoms with Crippen molar-refractivity contribution in [1.29, 1.82) is 0 Å². The van der Waals surface area contributed by atoms with Gasteiger partial charge in [0.2, 0.25) is 0 Å². The highest BCUT2D eigenvalue weighted by Gasteiger charge is 2.12. The maximum atomic E-state index is 12.2. The van der Waals surface area contributed by atoms with E-state index in [2.05, 4.69) is 15.3 Å². The van der Waals surface area contributed by atoms with Gasteiger partial charge in [-0.3, -0.25) is 4.79 Å². The van der Waals surface area contributed by atoms with E-state index in [1.165, 1.54) is 6.33 Å². The van der Waals surface area contributed by atoms with E-state index in [-0.39, 0.29) is 21.9 Å². The van der Waals surface area contributed by atoms with E-state index < -0.39 is 0 Å². The number of amides is 1. The topological polar surface area (TPSA) is 64.1 Å². The van der Waals surface area contributed by atoms with Crippen molar-refractivity contribution in [1.82, 2.24) is 9.97 Å². The molecule has 1 heterocycles. The predicted molar refractivity (Wildman–Crippen MR) is 82.2 cm³/mol. The fraction of sp³-hybridized carbons (Fsp3) is 0.214. The number of rotatable bonds is 5. The van der Waals surface area contributed by atoms with Crippen LogP contribution in [0.1, 0.15) is 23.7 Å². The third-order valence-corrected chi connectivity index (χ3v) is 3.29. The van der Waals surface area contributed by atoms with Gasteiger partial charge in [0, 0.05) is 5.56 Å². The highest BCUT2D eigenvalue weighted by molar-refractivity contribution is 6.43. The normalized spacial score (nSPS) is 10.2. The van der Waals surface area contributed by atoms with Gasteiger partial charge in [0.1, 0.15) is 17.1 Å². The van der Waals surface area contributed by atoms with Gasteiger partial charge < -0.3 is 10.1 Å². The van der Waals surface area contributed by atoms with Crippen LogP contribution < -0.4 is 10.1 Å². The van der Waals surface area contributed by atoms with E-state index >= 15 is 0 Å². The van der Waals surface area contributed by atoms with Gasteiger partial charge in [0.25, 0.3) is 5.91 Å². The Balaban J connectivity index is 2.15. The highest BCUT2D eigenvalue weighted by Crippen LogP contribution is 2.26. The molecule has 5 nitrogen and oxygen atoms in total. The molecule has 0 aliphatic carbocycles. The number of hydrogen-bond acceptors (Lipinski definition) is 4. The van der Waals surface area contributed by atoms with Crippen LogP contribution in [0.15, 0.2) is 30.6 Å². The van der Waals surface area contributed by atoms with Crippen molar-refractivity contribution in [2.24, 2.45) is 0 Å². The largest absolute Gasteiger partial charge is 0.494 e. The van der Waals surface area contributed by atoms with Crippen LogP contribution in [-0.4, -0.2) is 22.5 Å². The number of anilines is 1. The van der Waals surface area contributed by atoms with E-state index in [1.807, 2.05) is 6.92 Å². The van der Waals surface area contributed by atoms with Crippen LogP contribution >= 0.6 is 23.2 Å². The Bertz CT molecular complexity index is 650. The molecule has 21 heavy (non-hydrogen) atoms. The number of nitrogens with one attached hydrogen (secondary N) is 1. The summed E-state index contributed by atoms with van der Waals surface area (Å²) < 4.78 is 5.49. The van der Waals surface area contributed by atoms with Gasteiger partial charge in [-0.05, 0) is 24.6 Å². The monoisotopic (exact) mass is 325 g/mol. The predicted octanol–water partition coefficient (Wildman–Crippen LogP) is 3.82. The zero-order valence-electron chi connectivity index (χ0n) is 11.3. The molecule has 110 valence electrons. The van der Waals surface area contributed by atoms with Crippen molar-refractivity contribution in [2.45, 2.75) is 13.3 Å². The van der Waals surface area contributed by atoms with Crippen molar-refractivity contribution in [3.05, 3.63) is 46.3 Å². The fourth-order valence-corrected chi connectivity index (χ4v) is 1.84. The summed E-state index contributed by atoms with van der Waals surface area (Å²) in [6.07, 6.45) is 2.12. The Kier molecular flexibility index (Phi) is 5.36. The zero-order chi connectivity index (χ0) is 15.2. The zero-order valence-corrected chi connectivity index (χ0v) is 12.8. The summed E-state index contributed by atoms with van der Waals surface area (Å²) in [5.74, 6) is 0.450. The summed E-state index contributed by atoms with van der Waals surface area (Å²) in [4.78, 5) is 19.8. The number of hydrogen-bond donors (Lipinski definition) is 1. The minimum Gasteiger partial charge on any atom is -0.494 e. The summed E-state index contributed by atoms with van der Waals surface area (Å²) in [6, 6.07) is 6.86. The van der Waals surface area contributed by atoms with Crippen LogP contribution in [0.25, 0.3) is 0 Å². The van der Waals surface area contributed by atoms with Crippen molar-refractivity contribution in [2.75, 3.05) is 11.9 Å². The lowest BCUT2D eigenvalue weighted by Crippen LogP contribution is -2.13. The van der Waals surface area contributed by atoms with Gasteiger partial charge in [-0.1, -0.05) is 36.2 Å². The second-order valence-corrected chi connectivity index (χ2v) is 4.89. The third-order valence-electron chi connectivity index (χ3n) is 2.55. The van der Waals surface area contributed by atoms with Gasteiger partial charge in [-0.25, -0.2) is 9.97 Å². The number of nitrogens with zero attached hydrogens (tertiary/aromatic N) is 2. The Labute approximate surface area is 132 Å². The van der Waals surface area contributed by atoms with Gasteiger partial charge in [0.15, 0.2) is 11.0 Å². The molecule has 0 spiro atoms. The average molecular weight is 326 g/mol. The Morgan fingerprint density at radius 2 is 2.14 bits per heavy atom. The van der Waals surface area contributed by atoms with Crippen LogP contribution in [0.4, 0.5) is 5.82 Å².